The first-order valence-electron chi connectivity index (χ1n) is 11.6. The Morgan fingerprint density at radius 3 is 2.65 bits per heavy atom. The summed E-state index contributed by atoms with van der Waals surface area (Å²) in [4.78, 5) is 25.3. The third-order valence-electron chi connectivity index (χ3n) is 7.18. The van der Waals surface area contributed by atoms with Gasteiger partial charge in [-0.15, -0.1) is 11.3 Å². The minimum atomic E-state index is -0.132. The van der Waals surface area contributed by atoms with E-state index in [1.807, 2.05) is 36.2 Å². The lowest BCUT2D eigenvalue weighted by atomic mass is 9.72. The van der Waals surface area contributed by atoms with Crippen molar-refractivity contribution >= 4 is 29.0 Å². The number of ether oxygens (including phenoxy) is 1. The molecule has 178 valence electrons. The van der Waals surface area contributed by atoms with E-state index in [4.69, 9.17) is 4.74 Å². The summed E-state index contributed by atoms with van der Waals surface area (Å²) < 4.78 is 6.16. The highest BCUT2D eigenvalue weighted by molar-refractivity contribution is 7.98. The first-order valence-corrected chi connectivity index (χ1v) is 13.7. The van der Waals surface area contributed by atoms with Crippen LogP contribution in [0.25, 0.3) is 0 Å². The van der Waals surface area contributed by atoms with E-state index in [1.165, 1.54) is 11.1 Å². The number of rotatable bonds is 7. The molecule has 5 rings (SSSR count). The standard InChI is InChI=1S/C26H30N4O2S2/c1-32-24-23(29-22(31)14-19-6-5-13-34-19)20-7-3-4-8-21(20)26(24)9-11-30(12-10-26)17-18-15-27-25(33-2)28-16-18/h3-8,13,15-16,23-24H,9-12,14,17H2,1-2H3,(H,29,31)/t23-,24+/m1/s1. The van der Waals surface area contributed by atoms with E-state index in [9.17, 15) is 4.79 Å². The molecule has 6 nitrogen and oxygen atoms in total. The summed E-state index contributed by atoms with van der Waals surface area (Å²) in [7, 11) is 1.79. The number of carbonyl (C=O) groups is 1. The van der Waals surface area contributed by atoms with Crippen LogP contribution >= 0.6 is 23.1 Å². The van der Waals surface area contributed by atoms with Crippen LogP contribution < -0.4 is 5.32 Å². The van der Waals surface area contributed by atoms with Gasteiger partial charge in [-0.2, -0.15) is 0 Å². The number of methoxy groups -OCH3 is 1. The topological polar surface area (TPSA) is 67.3 Å². The molecule has 8 heteroatoms. The number of nitrogens with one attached hydrogen (secondary N) is 1. The summed E-state index contributed by atoms with van der Waals surface area (Å²) in [6, 6.07) is 12.4. The average Bonchev–Trinajstić information content (AvgIpc) is 3.46. The van der Waals surface area contributed by atoms with Crippen LogP contribution in [0.3, 0.4) is 0 Å². The zero-order chi connectivity index (χ0) is 23.5. The molecule has 0 saturated carbocycles. The second-order valence-corrected chi connectivity index (χ2v) is 10.9. The van der Waals surface area contributed by atoms with Gasteiger partial charge < -0.3 is 10.1 Å². The van der Waals surface area contributed by atoms with Crippen molar-refractivity contribution in [2.45, 2.75) is 48.5 Å². The SMILES string of the molecule is CO[C@H]1[C@H](NC(=O)Cc2cccs2)c2ccccc2C12CCN(Cc1cnc(SC)nc1)CC2. The summed E-state index contributed by atoms with van der Waals surface area (Å²) in [5.74, 6) is 0.0486. The summed E-state index contributed by atoms with van der Waals surface area (Å²) in [6.07, 6.45) is 8.17. The summed E-state index contributed by atoms with van der Waals surface area (Å²) >= 11 is 3.18. The predicted molar refractivity (Wildman–Crippen MR) is 136 cm³/mol. The largest absolute Gasteiger partial charge is 0.378 e. The zero-order valence-corrected chi connectivity index (χ0v) is 21.2. The van der Waals surface area contributed by atoms with E-state index in [0.717, 1.165) is 48.1 Å². The van der Waals surface area contributed by atoms with Crippen LogP contribution in [0.15, 0.2) is 59.3 Å². The predicted octanol–water partition coefficient (Wildman–Crippen LogP) is 4.22. The molecular formula is C26H30N4O2S2. The number of aromatic nitrogens is 2. The molecule has 1 fully saturated rings. The number of hydrogen-bond acceptors (Lipinski definition) is 7. The molecule has 3 aromatic rings. The van der Waals surface area contributed by atoms with E-state index in [0.29, 0.717) is 6.42 Å². The van der Waals surface area contributed by atoms with Gasteiger partial charge in [-0.3, -0.25) is 9.69 Å². The van der Waals surface area contributed by atoms with Gasteiger partial charge in [-0.05, 0) is 54.8 Å². The van der Waals surface area contributed by atoms with Crippen LogP contribution in [-0.2, 0) is 27.9 Å². The molecule has 1 spiro atoms. The van der Waals surface area contributed by atoms with Crippen LogP contribution in [0.5, 0.6) is 0 Å². The third kappa shape index (κ3) is 4.52. The number of nitrogens with zero attached hydrogens (tertiary/aromatic N) is 3. The molecule has 0 radical (unpaired) electrons. The zero-order valence-electron chi connectivity index (χ0n) is 19.6. The molecule has 1 aromatic carbocycles. The molecule has 1 N–H and O–H groups in total. The fraction of sp³-hybridized carbons (Fsp3) is 0.423. The Kier molecular flexibility index (Phi) is 7.01. The number of benzene rings is 1. The lowest BCUT2D eigenvalue weighted by Gasteiger charge is -2.44. The molecule has 2 atom stereocenters. The van der Waals surface area contributed by atoms with Gasteiger partial charge in [0.25, 0.3) is 0 Å². The van der Waals surface area contributed by atoms with E-state index in [-0.39, 0.29) is 23.5 Å². The fourth-order valence-corrected chi connectivity index (χ4v) is 6.64. The lowest BCUT2D eigenvalue weighted by Crippen LogP contribution is -2.50. The normalized spacial score (nSPS) is 21.5. The van der Waals surface area contributed by atoms with Crippen LogP contribution in [0, 0.1) is 0 Å². The Hall–Kier alpha value is -2.26. The van der Waals surface area contributed by atoms with Gasteiger partial charge >= 0.3 is 0 Å². The minimum Gasteiger partial charge on any atom is -0.378 e. The maximum Gasteiger partial charge on any atom is 0.225 e. The van der Waals surface area contributed by atoms with Crippen LogP contribution in [0.1, 0.15) is 40.5 Å². The highest BCUT2D eigenvalue weighted by Gasteiger charge is 2.53. The molecule has 0 unspecified atom stereocenters. The van der Waals surface area contributed by atoms with E-state index in [1.54, 1.807) is 30.2 Å². The van der Waals surface area contributed by atoms with E-state index in [2.05, 4.69) is 44.5 Å². The van der Waals surface area contributed by atoms with Crippen molar-refractivity contribution in [3.05, 3.63) is 75.7 Å². The van der Waals surface area contributed by atoms with Crippen molar-refractivity contribution in [1.82, 2.24) is 20.2 Å². The quantitative estimate of drug-likeness (QED) is 0.392. The average molecular weight is 495 g/mol. The minimum absolute atomic E-state index is 0.0486. The van der Waals surface area contributed by atoms with Crippen LogP contribution in [0.2, 0.25) is 0 Å². The number of thiophene rings is 1. The first-order chi connectivity index (χ1) is 16.6. The maximum atomic E-state index is 12.9. The molecule has 34 heavy (non-hydrogen) atoms. The Morgan fingerprint density at radius 2 is 1.97 bits per heavy atom. The molecule has 0 bridgehead atoms. The lowest BCUT2D eigenvalue weighted by molar-refractivity contribution is -0.122. The summed E-state index contributed by atoms with van der Waals surface area (Å²) in [5.41, 5.74) is 3.57. The van der Waals surface area contributed by atoms with Crippen molar-refractivity contribution < 1.29 is 9.53 Å². The molecular weight excluding hydrogens is 464 g/mol. The maximum absolute atomic E-state index is 12.9. The first kappa shape index (κ1) is 23.5. The Morgan fingerprint density at radius 1 is 1.21 bits per heavy atom. The highest BCUT2D eigenvalue weighted by Crippen LogP contribution is 2.52. The summed E-state index contributed by atoms with van der Waals surface area (Å²) in [6.45, 7) is 2.79. The van der Waals surface area contributed by atoms with E-state index < -0.39 is 0 Å². The van der Waals surface area contributed by atoms with Gasteiger partial charge in [0.2, 0.25) is 5.91 Å². The molecule has 2 aromatic heterocycles. The van der Waals surface area contributed by atoms with Crippen molar-refractivity contribution in [3.63, 3.8) is 0 Å². The number of hydrogen-bond donors (Lipinski definition) is 1. The van der Waals surface area contributed by atoms with Crippen molar-refractivity contribution in [1.29, 1.82) is 0 Å². The monoisotopic (exact) mass is 494 g/mol. The second-order valence-electron chi connectivity index (χ2n) is 9.06. The molecule has 2 aliphatic rings. The fourth-order valence-electron chi connectivity index (χ4n) is 5.62. The van der Waals surface area contributed by atoms with Crippen molar-refractivity contribution in [2.75, 3.05) is 26.5 Å². The molecule has 1 saturated heterocycles. The number of thioether (sulfide) groups is 1. The van der Waals surface area contributed by atoms with Crippen LogP contribution in [0.4, 0.5) is 0 Å². The van der Waals surface area contributed by atoms with E-state index >= 15 is 0 Å². The summed E-state index contributed by atoms with van der Waals surface area (Å²) in [5, 5.41) is 6.13. The Balaban J connectivity index is 1.32. The van der Waals surface area contributed by atoms with Gasteiger partial charge in [0.1, 0.15) is 0 Å². The number of fused-ring (bicyclic) bond motifs is 2. The van der Waals surface area contributed by atoms with Gasteiger partial charge in [0, 0.05) is 41.9 Å². The smallest absolute Gasteiger partial charge is 0.225 e. The van der Waals surface area contributed by atoms with Gasteiger partial charge in [-0.25, -0.2) is 9.97 Å². The molecule has 1 aliphatic carbocycles. The number of piperidine rings is 1. The second kappa shape index (κ2) is 10.2. The molecule has 1 amide bonds. The number of carbonyl (C=O) groups excluding carboxylic acids is 1. The van der Waals surface area contributed by atoms with Crippen LogP contribution in [-0.4, -0.2) is 53.3 Å². The Labute approximate surface area is 209 Å². The number of likely N-dealkylation sites (tertiary alicyclic amines) is 1. The van der Waals surface area contributed by atoms with Crippen molar-refractivity contribution in [2.24, 2.45) is 0 Å². The Bertz CT molecular complexity index is 1110. The third-order valence-corrected chi connectivity index (χ3v) is 8.64. The van der Waals surface area contributed by atoms with Gasteiger partial charge in [0.05, 0.1) is 18.6 Å². The highest BCUT2D eigenvalue weighted by atomic mass is 32.2. The van der Waals surface area contributed by atoms with Gasteiger partial charge in [0.15, 0.2) is 5.16 Å². The van der Waals surface area contributed by atoms with Crippen molar-refractivity contribution in [3.8, 4) is 0 Å². The van der Waals surface area contributed by atoms with Gasteiger partial charge in [-0.1, -0.05) is 42.1 Å². The number of amides is 1. The molecule has 1 aliphatic heterocycles. The molecule has 3 heterocycles.